The number of anilines is 1. The van der Waals surface area contributed by atoms with E-state index >= 15 is 0 Å². The average molecular weight is 523 g/mol. The Morgan fingerprint density at radius 2 is 1.80 bits per heavy atom. The largest absolute Gasteiger partial charge is 0.459 e. The van der Waals surface area contributed by atoms with Crippen LogP contribution >= 0.6 is 35.4 Å². The maximum absolute atomic E-state index is 6.37. The molecule has 5 rings (SSSR count). The SMILES string of the molecule is S=C1N[C@H](c2ccccn2)[C@@H](c2ccc(-c3ccc(Cl)c(Cl)c3)o2)N1CCCNc1ccccc1. The lowest BCUT2D eigenvalue weighted by atomic mass is 10.0. The number of halogens is 2. The molecule has 35 heavy (non-hydrogen) atoms. The second-order valence-corrected chi connectivity index (χ2v) is 9.50. The molecular formula is C27H24Cl2N4OS. The van der Waals surface area contributed by atoms with Crippen molar-refractivity contribution >= 4 is 46.2 Å². The second kappa shape index (κ2) is 10.7. The zero-order chi connectivity index (χ0) is 24.2. The Kier molecular flexibility index (Phi) is 7.23. The second-order valence-electron chi connectivity index (χ2n) is 8.30. The van der Waals surface area contributed by atoms with E-state index in [1.165, 1.54) is 0 Å². The number of hydrogen-bond acceptors (Lipinski definition) is 4. The van der Waals surface area contributed by atoms with E-state index in [2.05, 4.69) is 32.7 Å². The van der Waals surface area contributed by atoms with Gasteiger partial charge in [-0.2, -0.15) is 0 Å². The van der Waals surface area contributed by atoms with Crippen molar-refractivity contribution in [1.82, 2.24) is 15.2 Å². The van der Waals surface area contributed by atoms with Crippen LogP contribution in [-0.4, -0.2) is 28.1 Å². The van der Waals surface area contributed by atoms with E-state index in [0.29, 0.717) is 15.2 Å². The number of para-hydroxylation sites is 1. The molecular weight excluding hydrogens is 499 g/mol. The quantitative estimate of drug-likeness (QED) is 0.189. The zero-order valence-corrected chi connectivity index (χ0v) is 21.2. The Bertz CT molecular complexity index is 1300. The predicted molar refractivity (Wildman–Crippen MR) is 146 cm³/mol. The van der Waals surface area contributed by atoms with Crippen molar-refractivity contribution in [3.05, 3.63) is 107 Å². The Labute approximate surface area is 220 Å². The maximum atomic E-state index is 6.37. The lowest BCUT2D eigenvalue weighted by Gasteiger charge is -2.26. The number of nitrogens with zero attached hydrogens (tertiary/aromatic N) is 2. The van der Waals surface area contributed by atoms with Gasteiger partial charge in [-0.25, -0.2) is 0 Å². The first-order valence-electron chi connectivity index (χ1n) is 11.4. The summed E-state index contributed by atoms with van der Waals surface area (Å²) >= 11 is 18.1. The number of benzene rings is 2. The van der Waals surface area contributed by atoms with Crippen LogP contribution in [0.3, 0.4) is 0 Å². The van der Waals surface area contributed by atoms with Crippen molar-refractivity contribution in [3.8, 4) is 11.3 Å². The van der Waals surface area contributed by atoms with Crippen molar-refractivity contribution in [3.63, 3.8) is 0 Å². The summed E-state index contributed by atoms with van der Waals surface area (Å²) in [6.45, 7) is 1.60. The van der Waals surface area contributed by atoms with Gasteiger partial charge in [-0.1, -0.05) is 47.5 Å². The van der Waals surface area contributed by atoms with E-state index in [9.17, 15) is 0 Å². The number of aromatic nitrogens is 1. The standard InChI is InChI=1S/C27H24Cl2N4OS/c28-20-11-10-18(17-21(20)29)23-12-13-24(34-23)26-25(22-9-4-5-14-31-22)32-27(35)33(26)16-6-15-30-19-7-2-1-3-8-19/h1-5,7-14,17,25-26,30H,6,15-16H2,(H,32,35)/t25-,26-/m1/s1. The molecule has 0 spiro atoms. The molecule has 8 heteroatoms. The third kappa shape index (κ3) is 5.30. The molecule has 3 heterocycles. The molecule has 0 saturated carbocycles. The van der Waals surface area contributed by atoms with Crippen LogP contribution in [0.1, 0.15) is 30.0 Å². The van der Waals surface area contributed by atoms with Gasteiger partial charge in [-0.05, 0) is 73.2 Å². The minimum atomic E-state index is -0.134. The third-order valence-electron chi connectivity index (χ3n) is 6.00. The van der Waals surface area contributed by atoms with Crippen LogP contribution < -0.4 is 10.6 Å². The highest BCUT2D eigenvalue weighted by molar-refractivity contribution is 7.80. The molecule has 0 unspecified atom stereocenters. The number of thiocarbonyl (C=S) groups is 1. The Morgan fingerprint density at radius 1 is 0.971 bits per heavy atom. The highest BCUT2D eigenvalue weighted by atomic mass is 35.5. The molecule has 1 saturated heterocycles. The summed E-state index contributed by atoms with van der Waals surface area (Å²) in [5.41, 5.74) is 2.89. The van der Waals surface area contributed by atoms with Crippen molar-refractivity contribution < 1.29 is 4.42 Å². The molecule has 0 aliphatic carbocycles. The summed E-state index contributed by atoms with van der Waals surface area (Å²) in [5, 5.41) is 8.63. The fourth-order valence-electron chi connectivity index (χ4n) is 4.31. The monoisotopic (exact) mass is 522 g/mol. The van der Waals surface area contributed by atoms with Crippen molar-refractivity contribution in [2.45, 2.75) is 18.5 Å². The molecule has 1 fully saturated rings. The molecule has 2 aromatic heterocycles. The van der Waals surface area contributed by atoms with Gasteiger partial charge in [0.25, 0.3) is 0 Å². The van der Waals surface area contributed by atoms with Crippen molar-refractivity contribution in [2.24, 2.45) is 0 Å². The summed E-state index contributed by atoms with van der Waals surface area (Å²) in [5.74, 6) is 1.53. The molecule has 1 aliphatic heterocycles. The summed E-state index contributed by atoms with van der Waals surface area (Å²) in [4.78, 5) is 6.79. The summed E-state index contributed by atoms with van der Waals surface area (Å²) < 4.78 is 6.37. The number of nitrogens with one attached hydrogen (secondary N) is 2. The molecule has 0 amide bonds. The number of hydrogen-bond donors (Lipinski definition) is 2. The maximum Gasteiger partial charge on any atom is 0.170 e. The van der Waals surface area contributed by atoms with E-state index in [1.807, 2.05) is 60.7 Å². The van der Waals surface area contributed by atoms with Gasteiger partial charge in [0.15, 0.2) is 5.11 Å². The highest BCUT2D eigenvalue weighted by Gasteiger charge is 2.41. The van der Waals surface area contributed by atoms with E-state index in [0.717, 1.165) is 48.0 Å². The van der Waals surface area contributed by atoms with E-state index in [-0.39, 0.29) is 12.1 Å². The van der Waals surface area contributed by atoms with Crippen LogP contribution in [0.25, 0.3) is 11.3 Å². The van der Waals surface area contributed by atoms with Crippen LogP contribution in [0.4, 0.5) is 5.69 Å². The Balaban J connectivity index is 1.39. The Hall–Kier alpha value is -3.06. The van der Waals surface area contributed by atoms with Gasteiger partial charge in [-0.15, -0.1) is 0 Å². The van der Waals surface area contributed by atoms with E-state index in [4.69, 9.17) is 39.8 Å². The van der Waals surface area contributed by atoms with E-state index in [1.54, 1.807) is 12.3 Å². The van der Waals surface area contributed by atoms with Crippen LogP contribution in [0.5, 0.6) is 0 Å². The minimum Gasteiger partial charge on any atom is -0.459 e. The van der Waals surface area contributed by atoms with Gasteiger partial charge >= 0.3 is 0 Å². The van der Waals surface area contributed by atoms with Gasteiger partial charge in [0.2, 0.25) is 0 Å². The molecule has 2 aromatic carbocycles. The normalized spacial score (nSPS) is 17.4. The molecule has 2 N–H and O–H groups in total. The highest BCUT2D eigenvalue weighted by Crippen LogP contribution is 2.41. The molecule has 0 radical (unpaired) electrons. The van der Waals surface area contributed by atoms with Gasteiger partial charge in [0.1, 0.15) is 17.6 Å². The molecule has 4 aromatic rings. The lowest BCUT2D eigenvalue weighted by molar-refractivity contribution is 0.274. The molecule has 2 atom stereocenters. The van der Waals surface area contributed by atoms with Crippen LogP contribution in [-0.2, 0) is 0 Å². The molecule has 5 nitrogen and oxygen atoms in total. The Morgan fingerprint density at radius 3 is 2.57 bits per heavy atom. The predicted octanol–water partition coefficient (Wildman–Crippen LogP) is 7.12. The van der Waals surface area contributed by atoms with Crippen LogP contribution in [0.2, 0.25) is 10.0 Å². The van der Waals surface area contributed by atoms with Gasteiger partial charge in [0.05, 0.1) is 21.8 Å². The van der Waals surface area contributed by atoms with Crippen molar-refractivity contribution in [2.75, 3.05) is 18.4 Å². The number of rotatable bonds is 8. The van der Waals surface area contributed by atoms with Crippen LogP contribution in [0, 0.1) is 0 Å². The van der Waals surface area contributed by atoms with Gasteiger partial charge in [-0.3, -0.25) is 4.98 Å². The third-order valence-corrected chi connectivity index (χ3v) is 7.09. The van der Waals surface area contributed by atoms with E-state index < -0.39 is 0 Å². The minimum absolute atomic E-state index is 0.126. The summed E-state index contributed by atoms with van der Waals surface area (Å²) in [7, 11) is 0. The fourth-order valence-corrected chi connectivity index (χ4v) is 4.94. The van der Waals surface area contributed by atoms with Crippen LogP contribution in [0.15, 0.2) is 89.5 Å². The summed E-state index contributed by atoms with van der Waals surface area (Å²) in [6, 6.07) is 25.3. The topological polar surface area (TPSA) is 53.3 Å². The molecule has 0 bridgehead atoms. The molecule has 178 valence electrons. The lowest BCUT2D eigenvalue weighted by Crippen LogP contribution is -2.31. The average Bonchev–Trinajstić information content (AvgIpc) is 3.49. The summed E-state index contributed by atoms with van der Waals surface area (Å²) in [6.07, 6.45) is 2.70. The fraction of sp³-hybridized carbons (Fsp3) is 0.185. The number of furan rings is 1. The van der Waals surface area contributed by atoms with Crippen molar-refractivity contribution in [1.29, 1.82) is 0 Å². The first-order chi connectivity index (χ1) is 17.1. The zero-order valence-electron chi connectivity index (χ0n) is 18.8. The molecule has 1 aliphatic rings. The smallest absolute Gasteiger partial charge is 0.170 e. The van der Waals surface area contributed by atoms with Gasteiger partial charge in [0, 0.05) is 30.5 Å². The number of pyridine rings is 1. The van der Waals surface area contributed by atoms with Gasteiger partial charge < -0.3 is 20.0 Å². The first-order valence-corrected chi connectivity index (χ1v) is 12.6. The first kappa shape index (κ1) is 23.7.